The SMILES string of the molecule is [Cd][Zr][BiH][Cr][Pb][Mn][SbH2].[Fe]. The summed E-state index contributed by atoms with van der Waals surface area (Å²) in [5.41, 5.74) is 0. The van der Waals surface area contributed by atoms with E-state index in [-0.39, 0.29) is 17.1 Å². The van der Waals surface area contributed by atoms with E-state index in [1.807, 2.05) is 0 Å². The Labute approximate surface area is 118 Å². The molecule has 0 atom stereocenters. The summed E-state index contributed by atoms with van der Waals surface area (Å²) >= 11 is 4.57. The van der Waals surface area contributed by atoms with Crippen molar-refractivity contribution in [3.63, 3.8) is 0 Å². The van der Waals surface area contributed by atoms with Gasteiger partial charge in [0.25, 0.3) is 0 Å². The fraction of sp³-hybridized carbons (Fsp3) is 0. The second kappa shape index (κ2) is 15.5. The van der Waals surface area contributed by atoms with Crippen molar-refractivity contribution in [2.24, 2.45) is 0 Å². The monoisotopic (exact) mass is 908 g/mol. The fourth-order valence-corrected chi connectivity index (χ4v) is 800. The summed E-state index contributed by atoms with van der Waals surface area (Å²) in [6.45, 7) is 0. The molecule has 0 amide bonds. The Hall–Kier alpha value is 6.00. The van der Waals surface area contributed by atoms with Crippen molar-refractivity contribution >= 4 is 56.0 Å². The van der Waals surface area contributed by atoms with Gasteiger partial charge in [-0.05, 0) is 0 Å². The van der Waals surface area contributed by atoms with Gasteiger partial charge in [-0.2, -0.15) is 0 Å². The molecule has 0 spiro atoms. The molecule has 8 heavy (non-hydrogen) atoms. The first-order valence-corrected chi connectivity index (χ1v) is 54.7. The van der Waals surface area contributed by atoms with E-state index < -0.39 is 0 Å². The number of rotatable bonds is 4. The van der Waals surface area contributed by atoms with Gasteiger partial charge in [-0.1, -0.05) is 0 Å². The molecular formula is H3BiCdCrFeMnPbSbZr. The van der Waals surface area contributed by atoms with Crippen molar-refractivity contribution in [3.8, 4) is 0 Å². The van der Waals surface area contributed by atoms with E-state index in [1.165, 1.54) is 28.3 Å². The first-order valence-electron chi connectivity index (χ1n) is 1.42. The van der Waals surface area contributed by atoms with Crippen molar-refractivity contribution in [2.45, 2.75) is 0 Å². The average molecular weight is 907 g/mol. The van der Waals surface area contributed by atoms with Crippen LogP contribution in [0, 0.1) is 0 Å². The molecule has 0 rings (SSSR count). The van der Waals surface area contributed by atoms with Crippen molar-refractivity contribution in [1.82, 2.24) is 0 Å². The Morgan fingerprint density at radius 1 is 1.88 bits per heavy atom. The van der Waals surface area contributed by atoms with E-state index in [1.54, 1.807) is 28.4 Å². The van der Waals surface area contributed by atoms with Crippen LogP contribution in [0.3, 0.4) is 0 Å². The van der Waals surface area contributed by atoms with Gasteiger partial charge in [0, 0.05) is 17.1 Å². The summed E-state index contributed by atoms with van der Waals surface area (Å²) in [6.07, 6.45) is 0. The van der Waals surface area contributed by atoms with E-state index in [0.717, 1.165) is 0 Å². The van der Waals surface area contributed by atoms with Crippen molar-refractivity contribution in [2.75, 3.05) is 0 Å². The Morgan fingerprint density at radius 2 is 2.50 bits per heavy atom. The molecule has 0 aromatic heterocycles. The van der Waals surface area contributed by atoms with Gasteiger partial charge in [-0.25, -0.2) is 0 Å². The van der Waals surface area contributed by atoms with Gasteiger partial charge in [-0.3, -0.25) is 0 Å². The predicted molar refractivity (Wildman–Crippen MR) is 21.4 cm³/mol. The number of hydrogen-bond acceptors (Lipinski definition) is 0. The zero-order chi connectivity index (χ0) is 5.54. The summed E-state index contributed by atoms with van der Waals surface area (Å²) in [6, 6.07) is 0. The normalized spacial score (nSPS) is 7.88. The first kappa shape index (κ1) is 16.4. The van der Waals surface area contributed by atoms with Crippen LogP contribution in [0.25, 0.3) is 0 Å². The van der Waals surface area contributed by atoms with Gasteiger partial charge in [0.15, 0.2) is 0 Å². The van der Waals surface area contributed by atoms with Gasteiger partial charge < -0.3 is 0 Å². The molecule has 0 aromatic carbocycles. The minimum Gasteiger partial charge on any atom is 0 e. The maximum absolute atomic E-state index is 1.66. The largest absolute Gasteiger partial charge is 0 e. The number of hydrogen-bond donors (Lipinski definition) is 0. The molecule has 0 saturated carbocycles. The van der Waals surface area contributed by atoms with Crippen LogP contribution in [0.1, 0.15) is 0 Å². The molecule has 0 bridgehead atoms. The van der Waals surface area contributed by atoms with Crippen LogP contribution in [0.4, 0.5) is 0 Å². The maximum Gasteiger partial charge on any atom is 0 e. The maximum atomic E-state index is 1.66. The molecule has 0 heterocycles. The zero-order valence-corrected chi connectivity index (χ0v) is 25.0. The summed E-state index contributed by atoms with van der Waals surface area (Å²) in [7, 11) is 3.12. The molecule has 0 saturated heterocycles. The van der Waals surface area contributed by atoms with Gasteiger partial charge in [0.1, 0.15) is 0 Å². The Bertz CT molecular complexity index is 43.2. The van der Waals surface area contributed by atoms with E-state index in [4.69, 9.17) is 0 Å². The van der Waals surface area contributed by atoms with Gasteiger partial charge in [-0.15, -0.1) is 0 Å². The van der Waals surface area contributed by atoms with Crippen LogP contribution < -0.4 is 0 Å². The van der Waals surface area contributed by atoms with Crippen LogP contribution in [0.15, 0.2) is 0 Å². The van der Waals surface area contributed by atoms with Crippen LogP contribution >= 0.6 is 0 Å². The quantitative estimate of drug-likeness (QED) is 0.228. The molecular weight excluding hydrogens is 904 g/mol. The summed E-state index contributed by atoms with van der Waals surface area (Å²) in [4.78, 5) is 0. The van der Waals surface area contributed by atoms with E-state index in [2.05, 4.69) is 0 Å². The van der Waals surface area contributed by atoms with E-state index in [9.17, 15) is 0 Å². The molecule has 0 unspecified atom stereocenters. The standard InChI is InChI=1S/Bi.Cd.Cr.Fe.Mn.Pb.Sb.Zr.3H. The molecule has 0 aromatic rings. The summed E-state index contributed by atoms with van der Waals surface area (Å²) in [5.74, 6) is 0. The van der Waals surface area contributed by atoms with Crippen molar-refractivity contribution < 1.29 is 66.4 Å². The topological polar surface area (TPSA) is 0 Å². The van der Waals surface area contributed by atoms with Crippen LogP contribution in [-0.2, 0) is 66.4 Å². The van der Waals surface area contributed by atoms with E-state index >= 15 is 0 Å². The van der Waals surface area contributed by atoms with Crippen molar-refractivity contribution in [3.05, 3.63) is 0 Å². The molecule has 0 N–H and O–H groups in total. The molecule has 44 valence electrons. The summed E-state index contributed by atoms with van der Waals surface area (Å²) in [5, 5.41) is 0. The molecule has 0 aliphatic rings. The first-order chi connectivity index (χ1) is 3.41. The van der Waals surface area contributed by atoms with Gasteiger partial charge in [0.05, 0.1) is 0 Å². The molecule has 0 aliphatic carbocycles. The van der Waals surface area contributed by atoms with Gasteiger partial charge >= 0.3 is 105 Å². The van der Waals surface area contributed by atoms with Crippen LogP contribution in [-0.4, -0.2) is 56.0 Å². The predicted octanol–water partition coefficient (Wildman–Crippen LogP) is -1.96. The molecule has 0 aliphatic heterocycles. The third-order valence-electron chi connectivity index (χ3n) is 0.206. The second-order valence-corrected chi connectivity index (χ2v) is 154. The van der Waals surface area contributed by atoms with Crippen LogP contribution in [0.5, 0.6) is 0 Å². The summed E-state index contributed by atoms with van der Waals surface area (Å²) < 4.78 is 0. The average Bonchev–Trinajstić information content (AvgIpc) is 1.69. The van der Waals surface area contributed by atoms with Crippen LogP contribution in [0.2, 0.25) is 0 Å². The second-order valence-electron chi connectivity index (χ2n) is 0.567. The minimum absolute atomic E-state index is 0. The molecule has 8 heteroatoms. The smallest absolute Gasteiger partial charge is 0 e. The van der Waals surface area contributed by atoms with Gasteiger partial charge in [0.2, 0.25) is 0 Å². The Morgan fingerprint density at radius 3 is 2.88 bits per heavy atom. The minimum atomic E-state index is 0. The Balaban J connectivity index is 0. The third-order valence-corrected chi connectivity index (χ3v) is 295. The van der Waals surface area contributed by atoms with E-state index in [0.29, 0.717) is 48.6 Å². The fourth-order valence-electron chi connectivity index (χ4n) is 0.0776. The zero-order valence-electron chi connectivity index (χ0n) is 3.92. The Kier molecular flexibility index (Phi) is 31.8. The molecule has 2 radical (unpaired) electrons. The molecule has 0 nitrogen and oxygen atoms in total. The third kappa shape index (κ3) is 14.5. The van der Waals surface area contributed by atoms with Crippen molar-refractivity contribution in [1.29, 1.82) is 0 Å². The molecule has 0 fully saturated rings.